The van der Waals surface area contributed by atoms with E-state index in [1.807, 2.05) is 0 Å². The number of benzene rings is 1. The average Bonchev–Trinajstić information content (AvgIpc) is 2.82. The van der Waals surface area contributed by atoms with Gasteiger partial charge in [0.25, 0.3) is 17.1 Å². The highest BCUT2D eigenvalue weighted by molar-refractivity contribution is 9.10. The number of nitrogens with two attached hydrogens (primary N) is 1. The molecule has 3 amide bonds. The van der Waals surface area contributed by atoms with Crippen LogP contribution in [0.2, 0.25) is 0 Å². The highest BCUT2D eigenvalue weighted by Gasteiger charge is 2.36. The molecular formula is C16H15BrN2O6S. The number of nitrogens with zero attached hydrogens (tertiary/aromatic N) is 1. The third kappa shape index (κ3) is 5.09. The Morgan fingerprint density at radius 2 is 2.08 bits per heavy atom. The highest BCUT2D eigenvalue weighted by atomic mass is 79.9. The fourth-order valence-corrected chi connectivity index (χ4v) is 3.35. The first-order chi connectivity index (χ1) is 12.3. The maximum Gasteiger partial charge on any atom is 0.326 e. The van der Waals surface area contributed by atoms with Crippen LogP contribution in [0.5, 0.6) is 5.75 Å². The summed E-state index contributed by atoms with van der Waals surface area (Å²) in [5.74, 6) is -1.39. The van der Waals surface area contributed by atoms with Crippen molar-refractivity contribution in [2.24, 2.45) is 5.73 Å². The Labute approximate surface area is 161 Å². The van der Waals surface area contributed by atoms with Gasteiger partial charge in [-0.3, -0.25) is 24.1 Å². The summed E-state index contributed by atoms with van der Waals surface area (Å²) >= 11 is 4.04. The van der Waals surface area contributed by atoms with Crippen molar-refractivity contribution < 1.29 is 28.7 Å². The van der Waals surface area contributed by atoms with E-state index in [1.165, 1.54) is 6.08 Å². The Balaban J connectivity index is 2.13. The molecule has 2 N–H and O–H groups in total. The van der Waals surface area contributed by atoms with E-state index < -0.39 is 29.6 Å². The molecule has 138 valence electrons. The summed E-state index contributed by atoms with van der Waals surface area (Å²) in [6.07, 6.45) is 1.53. The number of imide groups is 1. The first kappa shape index (κ1) is 20.0. The average molecular weight is 443 g/mol. The molecule has 1 aromatic carbocycles. The number of ether oxygens (including phenoxy) is 2. The van der Waals surface area contributed by atoms with Gasteiger partial charge in [0.15, 0.2) is 6.61 Å². The van der Waals surface area contributed by atoms with E-state index in [-0.39, 0.29) is 18.1 Å². The van der Waals surface area contributed by atoms with Crippen LogP contribution in [0.1, 0.15) is 12.5 Å². The van der Waals surface area contributed by atoms with Gasteiger partial charge >= 0.3 is 5.97 Å². The number of thioether (sulfide) groups is 1. The smallest absolute Gasteiger partial charge is 0.326 e. The van der Waals surface area contributed by atoms with Gasteiger partial charge in [0.2, 0.25) is 0 Å². The van der Waals surface area contributed by atoms with Crippen molar-refractivity contribution >= 4 is 56.8 Å². The van der Waals surface area contributed by atoms with Crippen LogP contribution in [0.4, 0.5) is 4.79 Å². The second-order valence-electron chi connectivity index (χ2n) is 5.02. The second kappa shape index (κ2) is 8.86. The fourth-order valence-electron chi connectivity index (χ4n) is 2.00. The molecule has 0 atom stereocenters. The first-order valence-corrected chi connectivity index (χ1v) is 9.04. The van der Waals surface area contributed by atoms with Gasteiger partial charge in [-0.25, -0.2) is 0 Å². The van der Waals surface area contributed by atoms with Gasteiger partial charge < -0.3 is 15.2 Å². The normalized spacial score (nSPS) is 15.5. The van der Waals surface area contributed by atoms with E-state index in [0.29, 0.717) is 15.8 Å². The van der Waals surface area contributed by atoms with Gasteiger partial charge in [0.05, 0.1) is 16.0 Å². The van der Waals surface area contributed by atoms with Gasteiger partial charge in [-0.2, -0.15) is 0 Å². The largest absolute Gasteiger partial charge is 0.483 e. The third-order valence-electron chi connectivity index (χ3n) is 3.09. The number of carbonyl (C=O) groups excluding carboxylic acids is 4. The molecule has 0 aliphatic carbocycles. The molecule has 0 unspecified atom stereocenters. The SMILES string of the molecule is CCOC(=O)CN1C(=O)S/C(=C\c2ccc(OCC(N)=O)c(Br)c2)C1=O. The van der Waals surface area contributed by atoms with E-state index in [9.17, 15) is 19.2 Å². The minimum atomic E-state index is -0.644. The summed E-state index contributed by atoms with van der Waals surface area (Å²) in [6, 6.07) is 4.91. The van der Waals surface area contributed by atoms with Crippen LogP contribution >= 0.6 is 27.7 Å². The summed E-state index contributed by atoms with van der Waals surface area (Å²) in [5.41, 5.74) is 5.65. The maximum absolute atomic E-state index is 12.3. The molecule has 1 fully saturated rings. The van der Waals surface area contributed by atoms with Gasteiger partial charge in [-0.1, -0.05) is 6.07 Å². The Morgan fingerprint density at radius 3 is 2.69 bits per heavy atom. The molecule has 26 heavy (non-hydrogen) atoms. The van der Waals surface area contributed by atoms with Crippen LogP contribution in [0, 0.1) is 0 Å². The van der Waals surface area contributed by atoms with Crippen molar-refractivity contribution in [1.82, 2.24) is 4.90 Å². The van der Waals surface area contributed by atoms with Crippen molar-refractivity contribution in [3.63, 3.8) is 0 Å². The second-order valence-corrected chi connectivity index (χ2v) is 6.87. The number of carbonyl (C=O) groups is 4. The molecular weight excluding hydrogens is 428 g/mol. The van der Waals surface area contributed by atoms with Crippen molar-refractivity contribution in [3.8, 4) is 5.75 Å². The molecule has 10 heteroatoms. The lowest BCUT2D eigenvalue weighted by Crippen LogP contribution is -2.34. The molecule has 0 radical (unpaired) electrons. The van der Waals surface area contributed by atoms with Crippen LogP contribution in [-0.2, 0) is 19.1 Å². The number of rotatable bonds is 7. The number of hydrogen-bond donors (Lipinski definition) is 1. The van der Waals surface area contributed by atoms with E-state index in [1.54, 1.807) is 25.1 Å². The fraction of sp³-hybridized carbons (Fsp3) is 0.250. The van der Waals surface area contributed by atoms with E-state index >= 15 is 0 Å². The Bertz CT molecular complexity index is 795. The molecule has 2 rings (SSSR count). The number of halogens is 1. The lowest BCUT2D eigenvalue weighted by atomic mass is 10.2. The maximum atomic E-state index is 12.3. The molecule has 0 spiro atoms. The van der Waals surface area contributed by atoms with Crippen molar-refractivity contribution in [2.45, 2.75) is 6.92 Å². The highest BCUT2D eigenvalue weighted by Crippen LogP contribution is 2.33. The van der Waals surface area contributed by atoms with Gasteiger partial charge in [0.1, 0.15) is 12.3 Å². The number of esters is 1. The standard InChI is InChI=1S/C16H15BrN2O6S/c1-2-24-14(21)7-19-15(22)12(26-16(19)23)6-9-3-4-11(10(17)5-9)25-8-13(18)20/h3-6H,2,7-8H2,1H3,(H2,18,20)/b12-6-. The molecule has 8 nitrogen and oxygen atoms in total. The zero-order chi connectivity index (χ0) is 19.3. The number of primary amides is 1. The zero-order valence-corrected chi connectivity index (χ0v) is 16.1. The minimum Gasteiger partial charge on any atom is -0.483 e. The topological polar surface area (TPSA) is 116 Å². The quantitative estimate of drug-likeness (QED) is 0.506. The van der Waals surface area contributed by atoms with Gasteiger partial charge in [0, 0.05) is 0 Å². The summed E-state index contributed by atoms with van der Waals surface area (Å²) in [7, 11) is 0. The van der Waals surface area contributed by atoms with E-state index in [0.717, 1.165) is 16.7 Å². The Hall–Kier alpha value is -2.33. The lowest BCUT2D eigenvalue weighted by molar-refractivity contribution is -0.146. The van der Waals surface area contributed by atoms with Gasteiger partial charge in [-0.15, -0.1) is 0 Å². The van der Waals surface area contributed by atoms with Crippen molar-refractivity contribution in [2.75, 3.05) is 19.8 Å². The van der Waals surface area contributed by atoms with E-state index in [4.69, 9.17) is 15.2 Å². The van der Waals surface area contributed by atoms with Crippen LogP contribution in [0.15, 0.2) is 27.6 Å². The van der Waals surface area contributed by atoms with Crippen LogP contribution < -0.4 is 10.5 Å². The summed E-state index contributed by atoms with van der Waals surface area (Å²) in [6.45, 7) is 1.13. The first-order valence-electron chi connectivity index (χ1n) is 7.43. The number of amides is 3. The monoisotopic (exact) mass is 442 g/mol. The molecule has 1 saturated heterocycles. The predicted octanol–water partition coefficient (Wildman–Crippen LogP) is 1.91. The summed E-state index contributed by atoms with van der Waals surface area (Å²) in [5, 5.41) is -0.533. The molecule has 1 aromatic rings. The minimum absolute atomic E-state index is 0.170. The number of hydrogen-bond acceptors (Lipinski definition) is 7. The van der Waals surface area contributed by atoms with E-state index in [2.05, 4.69) is 15.9 Å². The molecule has 0 bridgehead atoms. The van der Waals surface area contributed by atoms with Crippen molar-refractivity contribution in [3.05, 3.63) is 33.1 Å². The van der Waals surface area contributed by atoms with Crippen molar-refractivity contribution in [1.29, 1.82) is 0 Å². The molecule has 1 heterocycles. The Morgan fingerprint density at radius 1 is 1.35 bits per heavy atom. The molecule has 0 saturated carbocycles. The molecule has 0 aromatic heterocycles. The van der Waals surface area contributed by atoms with Gasteiger partial charge in [-0.05, 0) is 58.4 Å². The zero-order valence-electron chi connectivity index (χ0n) is 13.7. The Kier molecular flexibility index (Phi) is 6.81. The molecule has 1 aliphatic heterocycles. The third-order valence-corrected chi connectivity index (χ3v) is 4.62. The summed E-state index contributed by atoms with van der Waals surface area (Å²) < 4.78 is 10.5. The summed E-state index contributed by atoms with van der Waals surface area (Å²) in [4.78, 5) is 47.5. The predicted molar refractivity (Wildman–Crippen MR) is 98.1 cm³/mol. The van der Waals surface area contributed by atoms with Crippen LogP contribution in [-0.4, -0.2) is 47.7 Å². The lowest BCUT2D eigenvalue weighted by Gasteiger charge is -2.10. The van der Waals surface area contributed by atoms with Crippen LogP contribution in [0.25, 0.3) is 6.08 Å². The molecule has 1 aliphatic rings. The van der Waals surface area contributed by atoms with Crippen LogP contribution in [0.3, 0.4) is 0 Å².